The second kappa shape index (κ2) is 6.13. The molecule has 1 aromatic carbocycles. The largest absolute Gasteiger partial charge is 0.345 e. The van der Waals surface area contributed by atoms with Gasteiger partial charge in [-0.25, -0.2) is 4.98 Å². The van der Waals surface area contributed by atoms with E-state index in [4.69, 9.17) is 0 Å². The summed E-state index contributed by atoms with van der Waals surface area (Å²) in [6, 6.07) is 13.3. The lowest BCUT2D eigenvalue weighted by Crippen LogP contribution is -2.35. The van der Waals surface area contributed by atoms with Gasteiger partial charge in [0, 0.05) is 23.0 Å². The van der Waals surface area contributed by atoms with Gasteiger partial charge < -0.3 is 5.32 Å². The zero-order valence-corrected chi connectivity index (χ0v) is 13.6. The van der Waals surface area contributed by atoms with Gasteiger partial charge in [-0.15, -0.1) is 11.8 Å². The minimum absolute atomic E-state index is 0.0643. The molecule has 1 aliphatic heterocycles. The van der Waals surface area contributed by atoms with Crippen molar-refractivity contribution in [2.45, 2.75) is 17.4 Å². The van der Waals surface area contributed by atoms with Crippen molar-refractivity contribution in [3.63, 3.8) is 0 Å². The van der Waals surface area contributed by atoms with E-state index in [2.05, 4.69) is 16.4 Å². The van der Waals surface area contributed by atoms with E-state index in [1.165, 1.54) is 15.5 Å². The van der Waals surface area contributed by atoms with Gasteiger partial charge in [-0.1, -0.05) is 24.3 Å². The van der Waals surface area contributed by atoms with Gasteiger partial charge in [0.1, 0.15) is 11.2 Å². The second-order valence-electron chi connectivity index (χ2n) is 5.61. The number of hydrogen-bond donors (Lipinski definition) is 1. The van der Waals surface area contributed by atoms with Gasteiger partial charge in [0.25, 0.3) is 11.5 Å². The summed E-state index contributed by atoms with van der Waals surface area (Å²) in [5, 5.41) is 2.99. The molecule has 1 N–H and O–H groups in total. The molecule has 120 valence electrons. The van der Waals surface area contributed by atoms with Crippen molar-refractivity contribution in [1.82, 2.24) is 14.7 Å². The third-order valence-corrected chi connectivity index (χ3v) is 5.24. The van der Waals surface area contributed by atoms with E-state index < -0.39 is 0 Å². The van der Waals surface area contributed by atoms with Crippen molar-refractivity contribution in [3.05, 3.63) is 76.3 Å². The van der Waals surface area contributed by atoms with Crippen molar-refractivity contribution < 1.29 is 4.79 Å². The van der Waals surface area contributed by atoms with Crippen molar-refractivity contribution in [2.24, 2.45) is 0 Å². The molecule has 0 fully saturated rings. The molecule has 0 spiro atoms. The SMILES string of the molecule is O=C(N[C@@H]1CCSc2ccccc21)c1cnc2ccccn2c1=O. The molecule has 6 heteroatoms. The van der Waals surface area contributed by atoms with E-state index in [0.717, 1.165) is 17.7 Å². The van der Waals surface area contributed by atoms with Crippen LogP contribution in [0.1, 0.15) is 28.4 Å². The number of thioether (sulfide) groups is 1. The highest BCUT2D eigenvalue weighted by atomic mass is 32.2. The molecule has 1 amide bonds. The number of aromatic nitrogens is 2. The third-order valence-electron chi connectivity index (χ3n) is 4.12. The van der Waals surface area contributed by atoms with Crippen LogP contribution in [0.5, 0.6) is 0 Å². The van der Waals surface area contributed by atoms with Crippen LogP contribution in [0, 0.1) is 0 Å². The standard InChI is InChI=1S/C18H15N3O2S/c22-17(13-11-19-16-7-3-4-9-21(16)18(13)23)20-14-8-10-24-15-6-2-1-5-12(14)15/h1-7,9,11,14H,8,10H2,(H,20,22)/t14-/m1/s1. The molecular formula is C18H15N3O2S. The number of carbonyl (C=O) groups excluding carboxylic acids is 1. The fourth-order valence-corrected chi connectivity index (χ4v) is 4.04. The quantitative estimate of drug-likeness (QED) is 0.781. The van der Waals surface area contributed by atoms with Crippen LogP contribution in [0.4, 0.5) is 0 Å². The van der Waals surface area contributed by atoms with Gasteiger partial charge >= 0.3 is 0 Å². The van der Waals surface area contributed by atoms with Crippen molar-refractivity contribution in [2.75, 3.05) is 5.75 Å². The van der Waals surface area contributed by atoms with E-state index in [1.807, 2.05) is 18.2 Å². The molecule has 0 aliphatic carbocycles. The Hall–Kier alpha value is -2.60. The summed E-state index contributed by atoms with van der Waals surface area (Å²) in [4.78, 5) is 30.5. The summed E-state index contributed by atoms with van der Waals surface area (Å²) in [7, 11) is 0. The van der Waals surface area contributed by atoms with E-state index in [1.54, 1.807) is 36.2 Å². The molecule has 5 nitrogen and oxygen atoms in total. The maximum atomic E-state index is 12.6. The van der Waals surface area contributed by atoms with Gasteiger partial charge in [-0.2, -0.15) is 0 Å². The minimum Gasteiger partial charge on any atom is -0.345 e. The van der Waals surface area contributed by atoms with E-state index in [0.29, 0.717) is 5.65 Å². The molecule has 4 rings (SSSR count). The number of hydrogen-bond acceptors (Lipinski definition) is 4. The Labute approximate surface area is 142 Å². The Kier molecular flexibility index (Phi) is 3.82. The number of nitrogens with zero attached hydrogens (tertiary/aromatic N) is 2. The number of fused-ring (bicyclic) bond motifs is 2. The normalized spacial score (nSPS) is 16.6. The summed E-state index contributed by atoms with van der Waals surface area (Å²) >= 11 is 1.79. The molecule has 0 bridgehead atoms. The first-order chi connectivity index (χ1) is 11.7. The number of carbonyl (C=O) groups is 1. The first-order valence-electron chi connectivity index (χ1n) is 7.73. The Morgan fingerprint density at radius 2 is 2.04 bits per heavy atom. The maximum Gasteiger partial charge on any atom is 0.270 e. The lowest BCUT2D eigenvalue weighted by atomic mass is 10.0. The van der Waals surface area contributed by atoms with Crippen LogP contribution < -0.4 is 10.9 Å². The average molecular weight is 337 g/mol. The fourth-order valence-electron chi connectivity index (χ4n) is 2.91. The Bertz CT molecular complexity index is 983. The molecule has 0 saturated heterocycles. The lowest BCUT2D eigenvalue weighted by Gasteiger charge is -2.25. The number of rotatable bonds is 2. The van der Waals surface area contributed by atoms with Crippen molar-refractivity contribution >= 4 is 23.3 Å². The van der Waals surface area contributed by atoms with Gasteiger partial charge in [-0.05, 0) is 30.2 Å². The first-order valence-corrected chi connectivity index (χ1v) is 8.71. The molecule has 24 heavy (non-hydrogen) atoms. The third kappa shape index (κ3) is 2.59. The van der Waals surface area contributed by atoms with Crippen LogP contribution in [-0.2, 0) is 0 Å². The van der Waals surface area contributed by atoms with Crippen LogP contribution in [0.25, 0.3) is 5.65 Å². The second-order valence-corrected chi connectivity index (χ2v) is 6.74. The predicted molar refractivity (Wildman–Crippen MR) is 93.5 cm³/mol. The van der Waals surface area contributed by atoms with Crippen molar-refractivity contribution in [3.8, 4) is 0 Å². The topological polar surface area (TPSA) is 63.5 Å². The van der Waals surface area contributed by atoms with E-state index in [9.17, 15) is 9.59 Å². The lowest BCUT2D eigenvalue weighted by molar-refractivity contribution is 0.0933. The number of amides is 1. The smallest absolute Gasteiger partial charge is 0.270 e. The number of pyridine rings is 1. The molecule has 0 radical (unpaired) electrons. The highest BCUT2D eigenvalue weighted by molar-refractivity contribution is 7.99. The van der Waals surface area contributed by atoms with Crippen molar-refractivity contribution in [1.29, 1.82) is 0 Å². The monoisotopic (exact) mass is 337 g/mol. The highest BCUT2D eigenvalue weighted by Gasteiger charge is 2.23. The van der Waals surface area contributed by atoms with Gasteiger partial charge in [0.2, 0.25) is 0 Å². The molecular weight excluding hydrogens is 322 g/mol. The van der Waals surface area contributed by atoms with Gasteiger partial charge in [0.15, 0.2) is 0 Å². The summed E-state index contributed by atoms with van der Waals surface area (Å²) < 4.78 is 1.39. The Balaban J connectivity index is 1.66. The average Bonchev–Trinajstić information content (AvgIpc) is 2.62. The number of nitrogens with one attached hydrogen (secondary N) is 1. The minimum atomic E-state index is -0.377. The summed E-state index contributed by atoms with van der Waals surface area (Å²) in [6.07, 6.45) is 3.82. The molecule has 3 aromatic rings. The molecule has 1 atom stereocenters. The number of benzene rings is 1. The van der Waals surface area contributed by atoms with Crippen LogP contribution >= 0.6 is 11.8 Å². The zero-order valence-electron chi connectivity index (χ0n) is 12.8. The molecule has 0 saturated carbocycles. The van der Waals surface area contributed by atoms with Crippen LogP contribution in [0.3, 0.4) is 0 Å². The highest BCUT2D eigenvalue weighted by Crippen LogP contribution is 2.35. The fraction of sp³-hybridized carbons (Fsp3) is 0.167. The Morgan fingerprint density at radius 3 is 2.96 bits per heavy atom. The van der Waals surface area contributed by atoms with Crippen LogP contribution in [-0.4, -0.2) is 21.0 Å². The predicted octanol–water partition coefficient (Wildman–Crippen LogP) is 2.66. The van der Waals surface area contributed by atoms with Crippen LogP contribution in [0.15, 0.2) is 64.5 Å². The summed E-state index contributed by atoms with van der Waals surface area (Å²) in [5.41, 5.74) is 1.35. The van der Waals surface area contributed by atoms with Crippen LogP contribution in [0.2, 0.25) is 0 Å². The van der Waals surface area contributed by atoms with E-state index >= 15 is 0 Å². The molecule has 0 unspecified atom stereocenters. The summed E-state index contributed by atoms with van der Waals surface area (Å²) in [6.45, 7) is 0. The van der Waals surface area contributed by atoms with Gasteiger partial charge in [0.05, 0.1) is 6.04 Å². The Morgan fingerprint density at radius 1 is 1.21 bits per heavy atom. The maximum absolute atomic E-state index is 12.6. The summed E-state index contributed by atoms with van der Waals surface area (Å²) in [5.74, 6) is 0.564. The molecule has 3 heterocycles. The molecule has 2 aromatic heterocycles. The zero-order chi connectivity index (χ0) is 16.5. The molecule has 1 aliphatic rings. The van der Waals surface area contributed by atoms with E-state index in [-0.39, 0.29) is 23.1 Å². The van der Waals surface area contributed by atoms with Gasteiger partial charge in [-0.3, -0.25) is 14.0 Å². The first kappa shape index (κ1) is 15.0.